The molecular weight excluding hydrogens is 400 g/mol. The van der Waals surface area contributed by atoms with Crippen molar-refractivity contribution in [1.82, 2.24) is 29.6 Å². The van der Waals surface area contributed by atoms with E-state index in [0.717, 1.165) is 36.9 Å². The predicted molar refractivity (Wildman–Crippen MR) is 109 cm³/mol. The van der Waals surface area contributed by atoms with Gasteiger partial charge in [0.25, 0.3) is 11.5 Å². The van der Waals surface area contributed by atoms with Gasteiger partial charge in [-0.05, 0) is 37.3 Å². The van der Waals surface area contributed by atoms with Crippen LogP contribution in [0, 0.1) is 0 Å². The van der Waals surface area contributed by atoms with Crippen molar-refractivity contribution < 1.29 is 14.6 Å². The molecule has 0 radical (unpaired) electrons. The molecule has 0 atom stereocenters. The smallest absolute Gasteiger partial charge is 0.296 e. The molecule has 0 saturated heterocycles. The van der Waals surface area contributed by atoms with Crippen molar-refractivity contribution in [2.24, 2.45) is 0 Å². The number of nitrogens with one attached hydrogen (secondary N) is 1. The number of benzene rings is 1. The minimum atomic E-state index is -0.653. The van der Waals surface area contributed by atoms with Crippen LogP contribution in [0.2, 0.25) is 0 Å². The molecule has 2 N–H and O–H groups in total. The van der Waals surface area contributed by atoms with E-state index in [4.69, 9.17) is 4.74 Å². The highest BCUT2D eigenvalue weighted by molar-refractivity contribution is 5.94. The van der Waals surface area contributed by atoms with Crippen molar-refractivity contribution in [2.75, 3.05) is 6.61 Å². The minimum absolute atomic E-state index is 0.163. The van der Waals surface area contributed by atoms with E-state index in [-0.39, 0.29) is 12.2 Å². The molecule has 1 saturated carbocycles. The fraction of sp³-hybridized carbons (Fsp3) is 0.381. The molecule has 0 bridgehead atoms. The Morgan fingerprint density at radius 1 is 1.26 bits per heavy atom. The normalized spacial score (nSPS) is 16.9. The summed E-state index contributed by atoms with van der Waals surface area (Å²) in [5, 5.41) is 17.3. The second-order valence-electron chi connectivity index (χ2n) is 7.79. The summed E-state index contributed by atoms with van der Waals surface area (Å²) in [5.74, 6) is -0.821. The second kappa shape index (κ2) is 7.62. The number of amides is 1. The number of rotatable bonds is 4. The van der Waals surface area contributed by atoms with Gasteiger partial charge in [-0.15, -0.1) is 0 Å². The third kappa shape index (κ3) is 3.28. The second-order valence-corrected chi connectivity index (χ2v) is 7.79. The molecule has 3 aromatic rings. The maximum atomic E-state index is 12.9. The van der Waals surface area contributed by atoms with Crippen LogP contribution in [-0.4, -0.2) is 41.9 Å². The van der Waals surface area contributed by atoms with Crippen LogP contribution < -0.4 is 10.9 Å². The lowest BCUT2D eigenvalue weighted by atomic mass is 9.99. The molecule has 1 aromatic carbocycles. The molecule has 10 heteroatoms. The van der Waals surface area contributed by atoms with Crippen molar-refractivity contribution in [3.8, 4) is 11.4 Å². The SMILES string of the molecule is O=C(NCc1ccccc1-n1cncn1)c1nc2n(c(=O)c1O)CCOC21CCCC1. The molecule has 0 unspecified atom stereocenters. The number of ether oxygens (including phenoxy) is 1. The first-order chi connectivity index (χ1) is 15.1. The highest BCUT2D eigenvalue weighted by atomic mass is 16.5. The van der Waals surface area contributed by atoms with Gasteiger partial charge < -0.3 is 15.2 Å². The summed E-state index contributed by atoms with van der Waals surface area (Å²) in [4.78, 5) is 34.1. The number of fused-ring (bicyclic) bond motifs is 2. The summed E-state index contributed by atoms with van der Waals surface area (Å²) in [6.45, 7) is 0.859. The number of carbonyl (C=O) groups excluding carboxylic acids is 1. The van der Waals surface area contributed by atoms with Crippen LogP contribution in [0.4, 0.5) is 0 Å². The van der Waals surface area contributed by atoms with E-state index >= 15 is 0 Å². The first-order valence-corrected chi connectivity index (χ1v) is 10.3. The van der Waals surface area contributed by atoms with E-state index in [1.165, 1.54) is 10.9 Å². The molecule has 10 nitrogen and oxygen atoms in total. The van der Waals surface area contributed by atoms with Gasteiger partial charge in [-0.2, -0.15) is 5.10 Å². The first-order valence-electron chi connectivity index (χ1n) is 10.3. The molecule has 5 rings (SSSR count). The maximum Gasteiger partial charge on any atom is 0.296 e. The molecule has 1 fully saturated rings. The fourth-order valence-electron chi connectivity index (χ4n) is 4.44. The Bertz CT molecular complexity index is 1180. The number of hydrogen-bond acceptors (Lipinski definition) is 7. The third-order valence-electron chi connectivity index (χ3n) is 5.97. The van der Waals surface area contributed by atoms with Crippen LogP contribution in [0.3, 0.4) is 0 Å². The molecule has 2 aromatic heterocycles. The Kier molecular flexibility index (Phi) is 4.78. The van der Waals surface area contributed by atoms with Crippen LogP contribution in [0.15, 0.2) is 41.7 Å². The Hall–Kier alpha value is -3.53. The lowest BCUT2D eigenvalue weighted by Crippen LogP contribution is -2.44. The quantitative estimate of drug-likeness (QED) is 0.649. The highest BCUT2D eigenvalue weighted by Crippen LogP contribution is 2.42. The fourth-order valence-corrected chi connectivity index (χ4v) is 4.44. The van der Waals surface area contributed by atoms with Crippen molar-refractivity contribution in [3.05, 3.63) is 64.4 Å². The molecule has 160 valence electrons. The largest absolute Gasteiger partial charge is 0.501 e. The van der Waals surface area contributed by atoms with Crippen LogP contribution in [0.1, 0.15) is 47.6 Å². The van der Waals surface area contributed by atoms with Crippen LogP contribution in [0.25, 0.3) is 5.69 Å². The Morgan fingerprint density at radius 2 is 2.06 bits per heavy atom. The molecule has 1 aliphatic carbocycles. The number of carbonyl (C=O) groups is 1. The first kappa shape index (κ1) is 19.4. The lowest BCUT2D eigenvalue weighted by Gasteiger charge is -2.35. The van der Waals surface area contributed by atoms with Gasteiger partial charge in [0.05, 0.1) is 18.8 Å². The van der Waals surface area contributed by atoms with Gasteiger partial charge >= 0.3 is 0 Å². The number of aromatic nitrogens is 5. The molecule has 1 spiro atoms. The zero-order chi connectivity index (χ0) is 21.4. The summed E-state index contributed by atoms with van der Waals surface area (Å²) in [6.07, 6.45) is 6.43. The van der Waals surface area contributed by atoms with E-state index in [0.29, 0.717) is 19.0 Å². The molecular formula is C21H22N6O4. The average molecular weight is 422 g/mol. The van der Waals surface area contributed by atoms with Gasteiger partial charge in [0.1, 0.15) is 24.1 Å². The van der Waals surface area contributed by atoms with Gasteiger partial charge in [0, 0.05) is 6.54 Å². The van der Waals surface area contributed by atoms with Crippen molar-refractivity contribution in [1.29, 1.82) is 0 Å². The van der Waals surface area contributed by atoms with Gasteiger partial charge in [-0.3, -0.25) is 14.2 Å². The molecule has 31 heavy (non-hydrogen) atoms. The topological polar surface area (TPSA) is 124 Å². The molecule has 1 aliphatic heterocycles. The average Bonchev–Trinajstić information content (AvgIpc) is 3.48. The molecule has 2 aliphatic rings. The lowest BCUT2D eigenvalue weighted by molar-refractivity contribution is -0.0789. The van der Waals surface area contributed by atoms with Crippen LogP contribution in [-0.2, 0) is 23.4 Å². The van der Waals surface area contributed by atoms with Crippen molar-refractivity contribution >= 4 is 5.91 Å². The van der Waals surface area contributed by atoms with Gasteiger partial charge in [-0.25, -0.2) is 14.6 Å². The number of aromatic hydroxyl groups is 1. The Labute approximate surface area is 177 Å². The van der Waals surface area contributed by atoms with Crippen LogP contribution >= 0.6 is 0 Å². The summed E-state index contributed by atoms with van der Waals surface area (Å²) in [7, 11) is 0. The predicted octanol–water partition coefficient (Wildman–Crippen LogP) is 1.26. The van der Waals surface area contributed by atoms with Crippen LogP contribution in [0.5, 0.6) is 5.75 Å². The summed E-state index contributed by atoms with van der Waals surface area (Å²) >= 11 is 0. The maximum absolute atomic E-state index is 12.9. The van der Waals surface area contributed by atoms with E-state index in [9.17, 15) is 14.7 Å². The number of para-hydroxylation sites is 1. The summed E-state index contributed by atoms with van der Waals surface area (Å²) in [6, 6.07) is 7.43. The van der Waals surface area contributed by atoms with Gasteiger partial charge in [0.2, 0.25) is 5.75 Å². The number of hydrogen-bond donors (Lipinski definition) is 2. The Morgan fingerprint density at radius 3 is 2.84 bits per heavy atom. The van der Waals surface area contributed by atoms with Crippen molar-refractivity contribution in [3.63, 3.8) is 0 Å². The minimum Gasteiger partial charge on any atom is -0.501 e. The van der Waals surface area contributed by atoms with Gasteiger partial charge in [-0.1, -0.05) is 18.2 Å². The molecule has 1 amide bonds. The zero-order valence-electron chi connectivity index (χ0n) is 16.8. The Balaban J connectivity index is 1.45. The van der Waals surface area contributed by atoms with E-state index in [1.807, 2.05) is 24.3 Å². The zero-order valence-corrected chi connectivity index (χ0v) is 16.8. The standard InChI is InChI=1S/C21H22N6O4/c28-17-16(25-20-21(7-3-4-8-21)31-10-9-26(20)19(17)30)18(29)23-11-14-5-1-2-6-15(14)27-13-22-12-24-27/h1-2,5-6,12-13,28H,3-4,7-11H2,(H,23,29). The third-order valence-corrected chi connectivity index (χ3v) is 5.97. The number of nitrogens with zero attached hydrogens (tertiary/aromatic N) is 5. The highest BCUT2D eigenvalue weighted by Gasteiger charge is 2.44. The van der Waals surface area contributed by atoms with Crippen molar-refractivity contribution in [2.45, 2.75) is 44.4 Å². The summed E-state index contributed by atoms with van der Waals surface area (Å²) in [5.41, 5.74) is 0.0336. The van der Waals surface area contributed by atoms with E-state index < -0.39 is 22.8 Å². The van der Waals surface area contributed by atoms with E-state index in [2.05, 4.69) is 20.4 Å². The van der Waals surface area contributed by atoms with E-state index in [1.54, 1.807) is 11.0 Å². The molecule has 3 heterocycles. The summed E-state index contributed by atoms with van der Waals surface area (Å²) < 4.78 is 9.06. The van der Waals surface area contributed by atoms with Gasteiger partial charge in [0.15, 0.2) is 5.69 Å². The monoisotopic (exact) mass is 422 g/mol.